The van der Waals surface area contributed by atoms with Gasteiger partial charge < -0.3 is 5.32 Å². The lowest BCUT2D eigenvalue weighted by Crippen LogP contribution is -2.36. The van der Waals surface area contributed by atoms with Gasteiger partial charge in [-0.2, -0.15) is 5.10 Å². The van der Waals surface area contributed by atoms with E-state index in [1.54, 1.807) is 0 Å². The van der Waals surface area contributed by atoms with Crippen molar-refractivity contribution in [3.63, 3.8) is 0 Å². The summed E-state index contributed by atoms with van der Waals surface area (Å²) in [5, 5.41) is 7.88. The van der Waals surface area contributed by atoms with Gasteiger partial charge >= 0.3 is 0 Å². The van der Waals surface area contributed by atoms with Gasteiger partial charge in [0.25, 0.3) is 0 Å². The molecule has 2 atom stereocenters. The van der Waals surface area contributed by atoms with Gasteiger partial charge in [0.05, 0.1) is 16.4 Å². The number of nitrogens with one attached hydrogen (secondary N) is 1. The fourth-order valence-corrected chi connectivity index (χ4v) is 3.21. The Morgan fingerprint density at radius 2 is 2.29 bits per heavy atom. The van der Waals surface area contributed by atoms with Crippen molar-refractivity contribution in [2.24, 2.45) is 18.9 Å². The van der Waals surface area contributed by atoms with Gasteiger partial charge in [0, 0.05) is 13.0 Å². The van der Waals surface area contributed by atoms with E-state index in [2.05, 4.69) is 40.2 Å². The summed E-state index contributed by atoms with van der Waals surface area (Å²) >= 11 is 3.61. The minimum absolute atomic E-state index is 0.677. The predicted molar refractivity (Wildman–Crippen MR) is 74.1 cm³/mol. The summed E-state index contributed by atoms with van der Waals surface area (Å²) in [7, 11) is 2.04. The smallest absolute Gasteiger partial charge is 0.0635 e. The van der Waals surface area contributed by atoms with Crippen LogP contribution in [0.1, 0.15) is 38.3 Å². The maximum atomic E-state index is 4.31. The average Bonchev–Trinajstić information content (AvgIpc) is 2.54. The van der Waals surface area contributed by atoms with Gasteiger partial charge in [-0.1, -0.05) is 13.8 Å². The van der Waals surface area contributed by atoms with Crippen molar-refractivity contribution in [3.8, 4) is 0 Å². The Hall–Kier alpha value is -0.350. The van der Waals surface area contributed by atoms with Crippen LogP contribution in [0.15, 0.2) is 10.7 Å². The van der Waals surface area contributed by atoms with Crippen LogP contribution in [-0.4, -0.2) is 22.9 Å². The highest BCUT2D eigenvalue weighted by Gasteiger charge is 2.34. The number of hydrogen-bond acceptors (Lipinski definition) is 2. The SMILES string of the molecule is CC(C)CNCC1CCC1c1c(Br)cnn1C. The second kappa shape index (κ2) is 5.53. The van der Waals surface area contributed by atoms with Gasteiger partial charge in [-0.25, -0.2) is 0 Å². The molecule has 0 radical (unpaired) electrons. The molecule has 17 heavy (non-hydrogen) atoms. The van der Waals surface area contributed by atoms with Gasteiger partial charge in [-0.05, 0) is 53.7 Å². The van der Waals surface area contributed by atoms with E-state index in [4.69, 9.17) is 0 Å². The number of hydrogen-bond donors (Lipinski definition) is 1. The van der Waals surface area contributed by atoms with E-state index in [9.17, 15) is 0 Å². The predicted octanol–water partition coefficient (Wildman–Crippen LogP) is 2.92. The van der Waals surface area contributed by atoms with Gasteiger partial charge in [-0.15, -0.1) is 0 Å². The molecule has 0 saturated heterocycles. The molecule has 0 spiro atoms. The summed E-state index contributed by atoms with van der Waals surface area (Å²) < 4.78 is 3.18. The fraction of sp³-hybridized carbons (Fsp3) is 0.769. The normalized spacial score (nSPS) is 24.1. The number of rotatable bonds is 5. The zero-order valence-corrected chi connectivity index (χ0v) is 12.5. The van der Waals surface area contributed by atoms with Crippen LogP contribution in [0.2, 0.25) is 0 Å². The molecule has 0 aromatic carbocycles. The standard InChI is InChI=1S/C13H22BrN3/c1-9(2)6-15-7-10-4-5-11(10)13-12(14)8-16-17(13)3/h8-11,15H,4-7H2,1-3H3. The second-order valence-corrected chi connectivity index (χ2v) is 6.35. The van der Waals surface area contributed by atoms with Crippen molar-refractivity contribution >= 4 is 15.9 Å². The van der Waals surface area contributed by atoms with E-state index >= 15 is 0 Å². The van der Waals surface area contributed by atoms with Crippen LogP contribution in [0.4, 0.5) is 0 Å². The van der Waals surface area contributed by atoms with Crippen molar-refractivity contribution < 1.29 is 0 Å². The number of halogens is 1. The first-order chi connectivity index (χ1) is 8.09. The first kappa shape index (κ1) is 13.1. The summed E-state index contributed by atoms with van der Waals surface area (Å²) in [6.45, 7) is 6.77. The highest BCUT2D eigenvalue weighted by Crippen LogP contribution is 2.44. The van der Waals surface area contributed by atoms with Crippen molar-refractivity contribution in [2.75, 3.05) is 13.1 Å². The van der Waals surface area contributed by atoms with E-state index in [0.717, 1.165) is 24.9 Å². The maximum Gasteiger partial charge on any atom is 0.0635 e. The Kier molecular flexibility index (Phi) is 4.26. The zero-order chi connectivity index (χ0) is 12.4. The molecular formula is C13H22BrN3. The van der Waals surface area contributed by atoms with Crippen LogP contribution in [0.25, 0.3) is 0 Å². The van der Waals surface area contributed by atoms with Crippen molar-refractivity contribution in [1.29, 1.82) is 0 Å². The Morgan fingerprint density at radius 1 is 1.53 bits per heavy atom. The van der Waals surface area contributed by atoms with E-state index in [1.807, 2.05) is 17.9 Å². The molecule has 1 aromatic rings. The summed E-state index contributed by atoms with van der Waals surface area (Å²) in [4.78, 5) is 0. The van der Waals surface area contributed by atoms with E-state index in [1.165, 1.54) is 23.0 Å². The van der Waals surface area contributed by atoms with Crippen LogP contribution < -0.4 is 5.32 Å². The summed E-state index contributed by atoms with van der Waals surface area (Å²) in [6, 6.07) is 0. The van der Waals surface area contributed by atoms with Gasteiger partial charge in [-0.3, -0.25) is 4.68 Å². The molecule has 2 unspecified atom stereocenters. The Labute approximate surface area is 112 Å². The van der Waals surface area contributed by atoms with E-state index < -0.39 is 0 Å². The van der Waals surface area contributed by atoms with E-state index in [0.29, 0.717) is 5.92 Å². The average molecular weight is 300 g/mol. The maximum absolute atomic E-state index is 4.31. The molecule has 4 heteroatoms. The van der Waals surface area contributed by atoms with Crippen LogP contribution in [0.3, 0.4) is 0 Å². The molecule has 0 aliphatic heterocycles. The molecular weight excluding hydrogens is 278 g/mol. The minimum Gasteiger partial charge on any atom is -0.316 e. The molecule has 96 valence electrons. The molecule has 2 rings (SSSR count). The number of aryl methyl sites for hydroxylation is 1. The Balaban J connectivity index is 1.90. The molecule has 1 aromatic heterocycles. The summed E-state index contributed by atoms with van der Waals surface area (Å²) in [5.74, 6) is 2.19. The topological polar surface area (TPSA) is 29.9 Å². The monoisotopic (exact) mass is 299 g/mol. The fourth-order valence-electron chi connectivity index (χ4n) is 2.57. The second-order valence-electron chi connectivity index (χ2n) is 5.50. The molecule has 0 amide bonds. The van der Waals surface area contributed by atoms with Crippen LogP contribution in [0.5, 0.6) is 0 Å². The molecule has 1 saturated carbocycles. The molecule has 0 bridgehead atoms. The molecule has 1 fully saturated rings. The van der Waals surface area contributed by atoms with Gasteiger partial charge in [0.1, 0.15) is 0 Å². The third-order valence-electron chi connectivity index (χ3n) is 3.67. The lowest BCUT2D eigenvalue weighted by atomic mass is 9.71. The van der Waals surface area contributed by atoms with Crippen LogP contribution >= 0.6 is 15.9 Å². The van der Waals surface area contributed by atoms with Crippen molar-refractivity contribution in [1.82, 2.24) is 15.1 Å². The molecule has 1 N–H and O–H groups in total. The highest BCUT2D eigenvalue weighted by molar-refractivity contribution is 9.10. The quantitative estimate of drug-likeness (QED) is 0.906. The largest absolute Gasteiger partial charge is 0.316 e. The highest BCUT2D eigenvalue weighted by atomic mass is 79.9. The lowest BCUT2D eigenvalue weighted by Gasteiger charge is -2.37. The Morgan fingerprint density at radius 3 is 2.76 bits per heavy atom. The zero-order valence-electron chi connectivity index (χ0n) is 10.9. The molecule has 1 heterocycles. The number of aromatic nitrogens is 2. The van der Waals surface area contributed by atoms with Crippen LogP contribution in [0, 0.1) is 11.8 Å². The molecule has 1 aliphatic rings. The van der Waals surface area contributed by atoms with E-state index in [-0.39, 0.29) is 0 Å². The Bertz CT molecular complexity index is 353. The first-order valence-electron chi connectivity index (χ1n) is 6.47. The van der Waals surface area contributed by atoms with Gasteiger partial charge in [0.2, 0.25) is 0 Å². The van der Waals surface area contributed by atoms with Crippen molar-refractivity contribution in [2.45, 2.75) is 32.6 Å². The summed E-state index contributed by atoms with van der Waals surface area (Å²) in [5.41, 5.74) is 1.37. The molecule has 3 nitrogen and oxygen atoms in total. The minimum atomic E-state index is 0.677. The molecule has 1 aliphatic carbocycles. The van der Waals surface area contributed by atoms with Crippen molar-refractivity contribution in [3.05, 3.63) is 16.4 Å². The van der Waals surface area contributed by atoms with Gasteiger partial charge in [0.15, 0.2) is 0 Å². The summed E-state index contributed by atoms with van der Waals surface area (Å²) in [6.07, 6.45) is 4.55. The van der Waals surface area contributed by atoms with Crippen LogP contribution in [-0.2, 0) is 7.05 Å². The number of nitrogens with zero attached hydrogens (tertiary/aromatic N) is 2. The third kappa shape index (κ3) is 2.91. The first-order valence-corrected chi connectivity index (χ1v) is 7.27. The lowest BCUT2D eigenvalue weighted by molar-refractivity contribution is 0.233. The third-order valence-corrected chi connectivity index (χ3v) is 4.28.